The lowest BCUT2D eigenvalue weighted by Crippen LogP contribution is -2.13. The predicted octanol–water partition coefficient (Wildman–Crippen LogP) is 1.59. The second-order valence-electron chi connectivity index (χ2n) is 3.02. The third kappa shape index (κ3) is 1.93. The summed E-state index contributed by atoms with van der Waals surface area (Å²) in [5, 5.41) is 5.09. The quantitative estimate of drug-likeness (QED) is 0.840. The summed E-state index contributed by atoms with van der Waals surface area (Å²) in [5.41, 5.74) is 0.477. The molecule has 0 amide bonds. The van der Waals surface area contributed by atoms with Crippen LogP contribution in [0.1, 0.15) is 0 Å². The van der Waals surface area contributed by atoms with E-state index in [-0.39, 0.29) is 4.90 Å². The van der Waals surface area contributed by atoms with Crippen molar-refractivity contribution in [1.29, 1.82) is 0 Å². The smallest absolute Gasteiger partial charge is 0.238 e. The van der Waals surface area contributed by atoms with Gasteiger partial charge in [0.25, 0.3) is 0 Å². The monoisotopic (exact) mass is 223 g/mol. The van der Waals surface area contributed by atoms with Gasteiger partial charge in [-0.05, 0) is 24.3 Å². The minimum Gasteiger partial charge on any atom is -0.464 e. The summed E-state index contributed by atoms with van der Waals surface area (Å²) in [6.07, 6.45) is 1.48. The van der Waals surface area contributed by atoms with E-state index >= 15 is 0 Å². The highest BCUT2D eigenvalue weighted by Crippen LogP contribution is 2.26. The van der Waals surface area contributed by atoms with E-state index in [1.165, 1.54) is 12.3 Å². The topological polar surface area (TPSA) is 73.3 Å². The Morgan fingerprint density at radius 2 is 1.80 bits per heavy atom. The molecule has 0 aliphatic carbocycles. The molecule has 15 heavy (non-hydrogen) atoms. The molecule has 0 spiro atoms. The Morgan fingerprint density at radius 1 is 1.07 bits per heavy atom. The van der Waals surface area contributed by atoms with Crippen LogP contribution in [0.5, 0.6) is 0 Å². The van der Waals surface area contributed by atoms with Crippen molar-refractivity contribution in [3.05, 3.63) is 42.7 Å². The van der Waals surface area contributed by atoms with Gasteiger partial charge in [0.05, 0.1) is 11.2 Å². The number of rotatable bonds is 2. The van der Waals surface area contributed by atoms with Gasteiger partial charge in [-0.15, -0.1) is 0 Å². The molecule has 4 nitrogen and oxygen atoms in total. The molecule has 0 bridgehead atoms. The average Bonchev–Trinajstić information content (AvgIpc) is 2.69. The van der Waals surface area contributed by atoms with Crippen LogP contribution in [0.4, 0.5) is 0 Å². The van der Waals surface area contributed by atoms with Crippen molar-refractivity contribution in [2.75, 3.05) is 0 Å². The Kier molecular flexibility index (Phi) is 2.34. The molecule has 0 unspecified atom stereocenters. The Balaban J connectivity index is 2.68. The fourth-order valence-electron chi connectivity index (χ4n) is 1.35. The minimum absolute atomic E-state index is 0.0694. The molecule has 2 N–H and O–H groups in total. The van der Waals surface area contributed by atoms with Crippen molar-refractivity contribution in [3.8, 4) is 11.3 Å². The van der Waals surface area contributed by atoms with Gasteiger partial charge in [-0.25, -0.2) is 13.6 Å². The van der Waals surface area contributed by atoms with Crippen LogP contribution >= 0.6 is 0 Å². The van der Waals surface area contributed by atoms with Crippen LogP contribution in [-0.4, -0.2) is 8.42 Å². The third-order valence-corrected chi connectivity index (χ3v) is 2.95. The summed E-state index contributed by atoms with van der Waals surface area (Å²) >= 11 is 0. The number of furan rings is 1. The van der Waals surface area contributed by atoms with Crippen LogP contribution in [0.25, 0.3) is 11.3 Å². The maximum Gasteiger partial charge on any atom is 0.238 e. The van der Waals surface area contributed by atoms with Gasteiger partial charge in [0.2, 0.25) is 10.0 Å². The molecule has 78 valence electrons. The molecular formula is C10H9NO3S. The predicted molar refractivity (Wildman–Crippen MR) is 55.5 cm³/mol. The summed E-state index contributed by atoms with van der Waals surface area (Å²) < 4.78 is 27.7. The van der Waals surface area contributed by atoms with Gasteiger partial charge < -0.3 is 4.42 Å². The first-order valence-electron chi connectivity index (χ1n) is 4.25. The van der Waals surface area contributed by atoms with E-state index in [9.17, 15) is 8.42 Å². The molecule has 0 aliphatic rings. The van der Waals surface area contributed by atoms with Gasteiger partial charge in [0, 0.05) is 5.56 Å². The first kappa shape index (κ1) is 9.95. The third-order valence-electron chi connectivity index (χ3n) is 1.98. The Hall–Kier alpha value is -1.59. The second-order valence-corrected chi connectivity index (χ2v) is 4.55. The summed E-state index contributed by atoms with van der Waals surface area (Å²) in [6.45, 7) is 0. The molecule has 5 heteroatoms. The maximum absolute atomic E-state index is 11.3. The molecular weight excluding hydrogens is 214 g/mol. The van der Waals surface area contributed by atoms with Crippen molar-refractivity contribution in [1.82, 2.24) is 0 Å². The van der Waals surface area contributed by atoms with Crippen LogP contribution in [0.2, 0.25) is 0 Å². The van der Waals surface area contributed by atoms with Crippen molar-refractivity contribution < 1.29 is 12.8 Å². The maximum atomic E-state index is 11.3. The van der Waals surface area contributed by atoms with Crippen LogP contribution in [0, 0.1) is 0 Å². The lowest BCUT2D eigenvalue weighted by molar-refractivity contribution is 0.577. The molecule has 0 saturated carbocycles. The number of hydrogen-bond donors (Lipinski definition) is 1. The number of benzene rings is 1. The van der Waals surface area contributed by atoms with Crippen LogP contribution in [0.15, 0.2) is 52.0 Å². The van der Waals surface area contributed by atoms with Crippen LogP contribution in [-0.2, 0) is 10.0 Å². The molecule has 2 rings (SSSR count). The van der Waals surface area contributed by atoms with E-state index in [0.29, 0.717) is 11.3 Å². The van der Waals surface area contributed by atoms with E-state index in [0.717, 1.165) is 0 Å². The number of hydrogen-bond acceptors (Lipinski definition) is 3. The SMILES string of the molecule is NS(=O)(=O)c1ccccc1-c1ccco1. The minimum atomic E-state index is -3.72. The van der Waals surface area contributed by atoms with Gasteiger partial charge in [-0.2, -0.15) is 0 Å². The largest absolute Gasteiger partial charge is 0.464 e. The zero-order valence-corrected chi connectivity index (χ0v) is 8.57. The zero-order chi connectivity index (χ0) is 10.9. The van der Waals surface area contributed by atoms with E-state index < -0.39 is 10.0 Å². The van der Waals surface area contributed by atoms with E-state index in [1.54, 1.807) is 30.3 Å². The standard InChI is InChI=1S/C10H9NO3S/c11-15(12,13)10-6-2-1-4-8(10)9-5-3-7-14-9/h1-7H,(H2,11,12,13). The van der Waals surface area contributed by atoms with Crippen molar-refractivity contribution in [2.45, 2.75) is 4.90 Å². The van der Waals surface area contributed by atoms with Gasteiger partial charge in [-0.3, -0.25) is 0 Å². The molecule has 0 radical (unpaired) electrons. The highest BCUT2D eigenvalue weighted by Gasteiger charge is 2.15. The van der Waals surface area contributed by atoms with E-state index in [4.69, 9.17) is 9.56 Å². The Bertz CT molecular complexity index is 558. The fourth-order valence-corrected chi connectivity index (χ4v) is 2.09. The van der Waals surface area contributed by atoms with Gasteiger partial charge in [-0.1, -0.05) is 12.1 Å². The van der Waals surface area contributed by atoms with Crippen molar-refractivity contribution in [3.63, 3.8) is 0 Å². The molecule has 1 aromatic heterocycles. The van der Waals surface area contributed by atoms with Gasteiger partial charge in [0.1, 0.15) is 5.76 Å². The molecule has 0 saturated heterocycles. The highest BCUT2D eigenvalue weighted by molar-refractivity contribution is 7.89. The Morgan fingerprint density at radius 3 is 2.40 bits per heavy atom. The zero-order valence-electron chi connectivity index (χ0n) is 7.75. The van der Waals surface area contributed by atoms with Crippen LogP contribution < -0.4 is 5.14 Å². The lowest BCUT2D eigenvalue weighted by Gasteiger charge is -2.03. The summed E-state index contributed by atoms with van der Waals surface area (Å²) in [5.74, 6) is 0.486. The van der Waals surface area contributed by atoms with Gasteiger partial charge in [0.15, 0.2) is 0 Å². The molecule has 0 atom stereocenters. The molecule has 0 aliphatic heterocycles. The summed E-state index contributed by atoms with van der Waals surface area (Å²) in [7, 11) is -3.72. The number of nitrogens with two attached hydrogens (primary N) is 1. The van der Waals surface area contributed by atoms with Crippen LogP contribution in [0.3, 0.4) is 0 Å². The fraction of sp³-hybridized carbons (Fsp3) is 0. The Labute approximate surface area is 87.4 Å². The molecule has 1 aromatic carbocycles. The number of primary sulfonamides is 1. The van der Waals surface area contributed by atoms with Crippen molar-refractivity contribution in [2.24, 2.45) is 5.14 Å². The first-order valence-corrected chi connectivity index (χ1v) is 5.79. The summed E-state index contributed by atoms with van der Waals surface area (Å²) in [6, 6.07) is 9.82. The second kappa shape index (κ2) is 3.52. The van der Waals surface area contributed by atoms with Crippen molar-refractivity contribution >= 4 is 10.0 Å². The average molecular weight is 223 g/mol. The van der Waals surface area contributed by atoms with E-state index in [2.05, 4.69) is 0 Å². The van der Waals surface area contributed by atoms with E-state index in [1.807, 2.05) is 0 Å². The number of sulfonamides is 1. The van der Waals surface area contributed by atoms with Gasteiger partial charge >= 0.3 is 0 Å². The molecule has 1 heterocycles. The summed E-state index contributed by atoms with van der Waals surface area (Å²) in [4.78, 5) is 0.0694. The first-order chi connectivity index (χ1) is 7.09. The molecule has 2 aromatic rings. The highest BCUT2D eigenvalue weighted by atomic mass is 32.2. The lowest BCUT2D eigenvalue weighted by atomic mass is 10.2. The molecule has 0 fully saturated rings. The normalized spacial score (nSPS) is 11.5.